The molecule has 18 heavy (non-hydrogen) atoms. The summed E-state index contributed by atoms with van der Waals surface area (Å²) in [5, 5.41) is 2.83. The maximum Gasteiger partial charge on any atom is 0.250 e. The number of nitrogens with one attached hydrogen (secondary N) is 1. The molecular weight excluding hydrogens is 259 g/mol. The number of amides is 2. The molecule has 0 bridgehead atoms. The fraction of sp³-hybridized carbons (Fsp3) is 0.333. The lowest BCUT2D eigenvalue weighted by Crippen LogP contribution is -2.58. The van der Waals surface area contributed by atoms with E-state index in [-0.39, 0.29) is 29.1 Å². The van der Waals surface area contributed by atoms with Crippen LogP contribution in [-0.4, -0.2) is 24.4 Å². The van der Waals surface area contributed by atoms with E-state index in [1.807, 2.05) is 0 Å². The minimum Gasteiger partial charge on any atom is -0.343 e. The van der Waals surface area contributed by atoms with Crippen LogP contribution in [0.3, 0.4) is 0 Å². The van der Waals surface area contributed by atoms with Crippen LogP contribution in [0.1, 0.15) is 13.3 Å². The van der Waals surface area contributed by atoms with Gasteiger partial charge in [0.05, 0.1) is 10.7 Å². The largest absolute Gasteiger partial charge is 0.343 e. The lowest BCUT2D eigenvalue weighted by molar-refractivity contribution is -0.131. The first-order valence-electron chi connectivity index (χ1n) is 5.58. The van der Waals surface area contributed by atoms with Crippen LogP contribution in [0.25, 0.3) is 0 Å². The number of carbonyl (C=O) groups is 2. The normalized spacial score (nSPS) is 19.9. The highest BCUT2D eigenvalue weighted by molar-refractivity contribution is 6.34. The van der Waals surface area contributed by atoms with Gasteiger partial charge in [-0.15, -0.1) is 0 Å². The van der Waals surface area contributed by atoms with Gasteiger partial charge in [0.2, 0.25) is 11.8 Å². The number of carbonyl (C=O) groups excluding carboxylic acids is 2. The number of piperazine rings is 1. The zero-order valence-electron chi connectivity index (χ0n) is 9.74. The van der Waals surface area contributed by atoms with Crippen molar-refractivity contribution in [2.24, 2.45) is 0 Å². The summed E-state index contributed by atoms with van der Waals surface area (Å²) in [5.41, 5.74) is 0.231. The molecule has 1 aliphatic rings. The molecule has 4 nitrogen and oxygen atoms in total. The van der Waals surface area contributed by atoms with Crippen LogP contribution >= 0.6 is 11.6 Å². The molecule has 1 atom stereocenters. The molecule has 1 saturated heterocycles. The summed E-state index contributed by atoms with van der Waals surface area (Å²) in [4.78, 5) is 24.8. The maximum absolute atomic E-state index is 13.2. The van der Waals surface area contributed by atoms with Crippen LogP contribution in [0.5, 0.6) is 0 Å². The summed E-state index contributed by atoms with van der Waals surface area (Å²) >= 11 is 5.94. The number of nitrogens with zero attached hydrogens (tertiary/aromatic N) is 1. The summed E-state index contributed by atoms with van der Waals surface area (Å²) in [6.07, 6.45) is 0.480. The van der Waals surface area contributed by atoms with Crippen molar-refractivity contribution in [3.8, 4) is 0 Å². The number of rotatable bonds is 2. The van der Waals surface area contributed by atoms with Gasteiger partial charge in [-0.05, 0) is 24.6 Å². The van der Waals surface area contributed by atoms with Crippen LogP contribution in [-0.2, 0) is 9.59 Å². The first kappa shape index (κ1) is 12.8. The lowest BCUT2D eigenvalue weighted by Gasteiger charge is -2.32. The van der Waals surface area contributed by atoms with E-state index in [0.717, 1.165) is 6.07 Å². The van der Waals surface area contributed by atoms with Crippen LogP contribution < -0.4 is 10.2 Å². The van der Waals surface area contributed by atoms with Crippen molar-refractivity contribution in [2.45, 2.75) is 19.4 Å². The third-order valence-electron chi connectivity index (χ3n) is 2.81. The zero-order valence-corrected chi connectivity index (χ0v) is 10.5. The third-order valence-corrected chi connectivity index (χ3v) is 3.13. The Kier molecular flexibility index (Phi) is 3.52. The number of hydrogen-bond acceptors (Lipinski definition) is 2. The Labute approximate surface area is 109 Å². The number of halogens is 2. The predicted molar refractivity (Wildman–Crippen MR) is 66.0 cm³/mol. The fourth-order valence-corrected chi connectivity index (χ4v) is 2.10. The van der Waals surface area contributed by atoms with E-state index in [1.165, 1.54) is 17.0 Å². The molecule has 1 aliphatic heterocycles. The average Bonchev–Trinajstić information content (AvgIpc) is 2.35. The van der Waals surface area contributed by atoms with E-state index in [9.17, 15) is 14.0 Å². The van der Waals surface area contributed by atoms with Gasteiger partial charge < -0.3 is 5.32 Å². The first-order valence-corrected chi connectivity index (χ1v) is 5.96. The molecule has 0 aromatic heterocycles. The van der Waals surface area contributed by atoms with Crippen LogP contribution in [0.4, 0.5) is 10.1 Å². The highest BCUT2D eigenvalue weighted by Crippen LogP contribution is 2.28. The number of benzene rings is 1. The lowest BCUT2D eigenvalue weighted by atomic mass is 10.1. The van der Waals surface area contributed by atoms with Gasteiger partial charge in [0.25, 0.3) is 0 Å². The minimum atomic E-state index is -0.578. The number of hydrogen-bond donors (Lipinski definition) is 1. The Bertz CT molecular complexity index is 507. The average molecular weight is 271 g/mol. The summed E-state index contributed by atoms with van der Waals surface area (Å²) < 4.78 is 13.2. The molecule has 2 rings (SSSR count). The van der Waals surface area contributed by atoms with Gasteiger partial charge in [0.1, 0.15) is 18.4 Å². The van der Waals surface area contributed by atoms with E-state index in [1.54, 1.807) is 6.92 Å². The van der Waals surface area contributed by atoms with Crippen LogP contribution in [0, 0.1) is 5.82 Å². The smallest absolute Gasteiger partial charge is 0.250 e. The Balaban J connectivity index is 2.39. The summed E-state index contributed by atoms with van der Waals surface area (Å²) in [5.74, 6) is -1.05. The van der Waals surface area contributed by atoms with Gasteiger partial charge in [0.15, 0.2) is 0 Å². The molecule has 0 spiro atoms. The molecule has 1 aromatic carbocycles. The van der Waals surface area contributed by atoms with Crippen molar-refractivity contribution >= 4 is 29.1 Å². The Morgan fingerprint density at radius 2 is 2.22 bits per heavy atom. The van der Waals surface area contributed by atoms with E-state index in [2.05, 4.69) is 5.32 Å². The maximum atomic E-state index is 13.2. The highest BCUT2D eigenvalue weighted by Gasteiger charge is 2.33. The molecule has 0 aliphatic carbocycles. The molecule has 2 amide bonds. The first-order chi connectivity index (χ1) is 8.52. The van der Waals surface area contributed by atoms with Crippen molar-refractivity contribution in [2.75, 3.05) is 11.4 Å². The Hall–Kier alpha value is -1.62. The zero-order chi connectivity index (χ0) is 13.3. The molecular formula is C12H12ClFN2O2. The van der Waals surface area contributed by atoms with Crippen LogP contribution in [0.2, 0.25) is 5.02 Å². The van der Waals surface area contributed by atoms with E-state index in [4.69, 9.17) is 11.6 Å². The van der Waals surface area contributed by atoms with Gasteiger partial charge in [-0.1, -0.05) is 18.5 Å². The van der Waals surface area contributed by atoms with E-state index >= 15 is 0 Å². The van der Waals surface area contributed by atoms with Crippen molar-refractivity contribution in [3.05, 3.63) is 29.0 Å². The quantitative estimate of drug-likeness (QED) is 0.890. The fourth-order valence-electron chi connectivity index (χ4n) is 1.88. The molecule has 0 saturated carbocycles. The standard InChI is InChI=1S/C12H12ClFN2O2/c1-2-9-12(18)16(6-11(17)15-9)10-5-7(14)3-4-8(10)13/h3-5,9H,2,6H2,1H3,(H,15,17). The number of anilines is 1. The molecule has 6 heteroatoms. The second-order valence-electron chi connectivity index (χ2n) is 4.05. The SMILES string of the molecule is CCC1NC(=O)CN(c2cc(F)ccc2Cl)C1=O. The second-order valence-corrected chi connectivity index (χ2v) is 4.46. The monoisotopic (exact) mass is 270 g/mol. The molecule has 1 aromatic rings. The highest BCUT2D eigenvalue weighted by atomic mass is 35.5. The molecule has 1 unspecified atom stereocenters. The summed E-state index contributed by atoms with van der Waals surface area (Å²) in [6.45, 7) is 1.65. The predicted octanol–water partition coefficient (Wildman–Crippen LogP) is 1.72. The topological polar surface area (TPSA) is 49.4 Å². The second kappa shape index (κ2) is 4.94. The molecule has 96 valence electrons. The molecule has 0 radical (unpaired) electrons. The van der Waals surface area contributed by atoms with Crippen LogP contribution in [0.15, 0.2) is 18.2 Å². The van der Waals surface area contributed by atoms with Gasteiger partial charge >= 0.3 is 0 Å². The van der Waals surface area contributed by atoms with Crippen molar-refractivity contribution in [3.63, 3.8) is 0 Å². The van der Waals surface area contributed by atoms with Gasteiger partial charge in [-0.2, -0.15) is 0 Å². The molecule has 1 N–H and O–H groups in total. The van der Waals surface area contributed by atoms with Gasteiger partial charge in [-0.3, -0.25) is 14.5 Å². The van der Waals surface area contributed by atoms with E-state index in [0.29, 0.717) is 6.42 Å². The molecule has 1 fully saturated rings. The third kappa shape index (κ3) is 2.31. The molecule has 1 heterocycles. The Morgan fingerprint density at radius 1 is 1.50 bits per heavy atom. The summed E-state index contributed by atoms with van der Waals surface area (Å²) in [6, 6.07) is 3.15. The Morgan fingerprint density at radius 3 is 2.89 bits per heavy atom. The summed E-state index contributed by atoms with van der Waals surface area (Å²) in [7, 11) is 0. The van der Waals surface area contributed by atoms with Crippen molar-refractivity contribution in [1.29, 1.82) is 0 Å². The van der Waals surface area contributed by atoms with E-state index < -0.39 is 11.9 Å². The van der Waals surface area contributed by atoms with Gasteiger partial charge in [-0.25, -0.2) is 4.39 Å². The van der Waals surface area contributed by atoms with Crippen molar-refractivity contribution < 1.29 is 14.0 Å². The van der Waals surface area contributed by atoms with Gasteiger partial charge in [0, 0.05) is 0 Å². The minimum absolute atomic E-state index is 0.140. The van der Waals surface area contributed by atoms with Crippen molar-refractivity contribution in [1.82, 2.24) is 5.32 Å².